The lowest BCUT2D eigenvalue weighted by molar-refractivity contribution is -0.142. The number of fused-ring (bicyclic) bond motifs is 1. The summed E-state index contributed by atoms with van der Waals surface area (Å²) < 4.78 is 0. The van der Waals surface area contributed by atoms with Gasteiger partial charge in [0, 0.05) is 11.4 Å². The summed E-state index contributed by atoms with van der Waals surface area (Å²) >= 11 is 1.58. The summed E-state index contributed by atoms with van der Waals surface area (Å²) in [6.07, 6.45) is -0.727. The number of hydrogen-bond donors (Lipinski definition) is 0. The highest BCUT2D eigenvalue weighted by Gasteiger charge is 2.59. The first-order valence-electron chi connectivity index (χ1n) is 7.62. The van der Waals surface area contributed by atoms with E-state index >= 15 is 0 Å². The molecular formula is C17H16N2O3S. The van der Waals surface area contributed by atoms with Crippen LogP contribution in [0.4, 0.5) is 5.69 Å². The Morgan fingerprint density at radius 3 is 2.52 bits per heavy atom. The number of hydroxylamine groups is 1. The Morgan fingerprint density at radius 2 is 1.87 bits per heavy atom. The summed E-state index contributed by atoms with van der Waals surface area (Å²) in [6.45, 7) is 2.20. The molecule has 0 unspecified atom stereocenters. The van der Waals surface area contributed by atoms with Crippen LogP contribution < -0.4 is 5.06 Å². The van der Waals surface area contributed by atoms with Gasteiger partial charge in [-0.3, -0.25) is 19.3 Å². The molecule has 2 saturated heterocycles. The molecule has 3 atom stereocenters. The van der Waals surface area contributed by atoms with Crippen molar-refractivity contribution in [3.05, 3.63) is 52.7 Å². The fourth-order valence-electron chi connectivity index (χ4n) is 3.33. The maximum Gasteiger partial charge on any atom is 0.261 e. The Bertz CT molecular complexity index is 732. The second-order valence-corrected chi connectivity index (χ2v) is 6.57. The average Bonchev–Trinajstić information content (AvgIpc) is 3.27. The first kappa shape index (κ1) is 14.4. The number of para-hydroxylation sites is 1. The minimum atomic E-state index is -0.727. The van der Waals surface area contributed by atoms with Gasteiger partial charge in [-0.2, -0.15) is 0 Å². The van der Waals surface area contributed by atoms with E-state index in [1.54, 1.807) is 16.4 Å². The molecule has 0 aliphatic carbocycles. The third-order valence-corrected chi connectivity index (χ3v) is 5.31. The molecule has 6 heteroatoms. The lowest BCUT2D eigenvalue weighted by Crippen LogP contribution is -2.36. The molecule has 118 valence electrons. The van der Waals surface area contributed by atoms with E-state index in [9.17, 15) is 9.59 Å². The first-order chi connectivity index (χ1) is 11.2. The van der Waals surface area contributed by atoms with Gasteiger partial charge in [-0.1, -0.05) is 24.3 Å². The molecular weight excluding hydrogens is 312 g/mol. The van der Waals surface area contributed by atoms with Crippen molar-refractivity contribution in [2.24, 2.45) is 5.92 Å². The molecule has 0 N–H and O–H groups in total. The molecule has 4 rings (SSSR count). The standard InChI is InChI=1S/C17H16N2O3S/c1-2-18-16(20)13-14(12-9-6-10-23-12)19(22-15(13)17(18)21)11-7-4-3-5-8-11/h3-10,13-15H,2H2,1H3/t13-,14+,15+/m0/s1. The van der Waals surface area contributed by atoms with Crippen LogP contribution in [0.5, 0.6) is 0 Å². The number of rotatable bonds is 3. The highest BCUT2D eigenvalue weighted by Crippen LogP contribution is 2.47. The van der Waals surface area contributed by atoms with Gasteiger partial charge in [-0.15, -0.1) is 11.3 Å². The zero-order chi connectivity index (χ0) is 16.0. The van der Waals surface area contributed by atoms with Gasteiger partial charge < -0.3 is 0 Å². The van der Waals surface area contributed by atoms with Gasteiger partial charge in [0.1, 0.15) is 12.0 Å². The zero-order valence-corrected chi connectivity index (χ0v) is 13.4. The van der Waals surface area contributed by atoms with Crippen molar-refractivity contribution in [3.63, 3.8) is 0 Å². The van der Waals surface area contributed by atoms with Gasteiger partial charge in [-0.25, -0.2) is 5.06 Å². The van der Waals surface area contributed by atoms with Crippen LogP contribution in [0.2, 0.25) is 0 Å². The lowest BCUT2D eigenvalue weighted by atomic mass is 9.95. The van der Waals surface area contributed by atoms with Crippen molar-refractivity contribution in [2.75, 3.05) is 11.6 Å². The number of imide groups is 1. The number of nitrogens with zero attached hydrogens (tertiary/aromatic N) is 2. The van der Waals surface area contributed by atoms with Crippen LogP contribution in [0.25, 0.3) is 0 Å². The highest BCUT2D eigenvalue weighted by atomic mass is 32.1. The minimum Gasteiger partial charge on any atom is -0.280 e. The summed E-state index contributed by atoms with van der Waals surface area (Å²) in [5, 5.41) is 3.70. The number of likely N-dealkylation sites (N-methyl/N-ethyl adjacent to an activating group) is 1. The maximum atomic E-state index is 12.7. The van der Waals surface area contributed by atoms with E-state index in [-0.39, 0.29) is 17.9 Å². The van der Waals surface area contributed by atoms with Crippen LogP contribution in [-0.2, 0) is 14.4 Å². The summed E-state index contributed by atoms with van der Waals surface area (Å²) in [4.78, 5) is 33.5. The molecule has 0 saturated carbocycles. The van der Waals surface area contributed by atoms with Gasteiger partial charge in [0.05, 0.1) is 5.69 Å². The van der Waals surface area contributed by atoms with Gasteiger partial charge in [0.15, 0.2) is 6.10 Å². The number of benzene rings is 1. The average molecular weight is 328 g/mol. The molecule has 2 fully saturated rings. The van der Waals surface area contributed by atoms with Gasteiger partial charge in [0.25, 0.3) is 5.91 Å². The summed E-state index contributed by atoms with van der Waals surface area (Å²) in [5.41, 5.74) is 0.851. The van der Waals surface area contributed by atoms with E-state index in [0.717, 1.165) is 10.6 Å². The topological polar surface area (TPSA) is 49.9 Å². The van der Waals surface area contributed by atoms with Crippen molar-refractivity contribution >= 4 is 28.8 Å². The minimum absolute atomic E-state index is 0.140. The number of carbonyl (C=O) groups is 2. The molecule has 2 aliphatic rings. The van der Waals surface area contributed by atoms with E-state index in [1.165, 1.54) is 4.90 Å². The Morgan fingerprint density at radius 1 is 1.09 bits per heavy atom. The maximum absolute atomic E-state index is 12.7. The van der Waals surface area contributed by atoms with Crippen molar-refractivity contribution < 1.29 is 14.4 Å². The highest BCUT2D eigenvalue weighted by molar-refractivity contribution is 7.10. The zero-order valence-electron chi connectivity index (χ0n) is 12.6. The van der Waals surface area contributed by atoms with Crippen LogP contribution in [0.1, 0.15) is 17.8 Å². The SMILES string of the molecule is CCN1C(=O)[C@H]2[C@@H](c3cccs3)N(c3ccccc3)O[C@H]2C1=O. The van der Waals surface area contributed by atoms with Crippen molar-refractivity contribution in [1.29, 1.82) is 0 Å². The van der Waals surface area contributed by atoms with E-state index < -0.39 is 12.0 Å². The predicted molar refractivity (Wildman–Crippen MR) is 86.7 cm³/mol. The molecule has 0 spiro atoms. The Kier molecular flexibility index (Phi) is 3.43. The molecule has 2 aromatic rings. The number of hydrogen-bond acceptors (Lipinski definition) is 5. The molecule has 1 aromatic carbocycles. The van der Waals surface area contributed by atoms with E-state index in [0.29, 0.717) is 6.54 Å². The number of carbonyl (C=O) groups excluding carboxylic acids is 2. The number of anilines is 1. The molecule has 23 heavy (non-hydrogen) atoms. The Labute approximate surface area is 138 Å². The normalized spacial score (nSPS) is 26.9. The smallest absolute Gasteiger partial charge is 0.261 e. The fourth-order valence-corrected chi connectivity index (χ4v) is 4.18. The summed E-state index contributed by atoms with van der Waals surface area (Å²) in [7, 11) is 0. The summed E-state index contributed by atoms with van der Waals surface area (Å²) in [5.74, 6) is -0.858. The third-order valence-electron chi connectivity index (χ3n) is 4.37. The van der Waals surface area contributed by atoms with Gasteiger partial charge >= 0.3 is 0 Å². The van der Waals surface area contributed by atoms with Crippen LogP contribution in [0, 0.1) is 5.92 Å². The Balaban J connectivity index is 1.79. The third kappa shape index (κ3) is 2.09. The Hall–Kier alpha value is -2.18. The van der Waals surface area contributed by atoms with Crippen LogP contribution in [-0.4, -0.2) is 29.4 Å². The number of likely N-dealkylation sites (tertiary alicyclic amines) is 1. The largest absolute Gasteiger partial charge is 0.280 e. The summed E-state index contributed by atoms with van der Waals surface area (Å²) in [6, 6.07) is 13.3. The number of amides is 2. The van der Waals surface area contributed by atoms with Crippen molar-refractivity contribution in [2.45, 2.75) is 19.1 Å². The van der Waals surface area contributed by atoms with E-state index in [2.05, 4.69) is 0 Å². The molecule has 1 aromatic heterocycles. The second kappa shape index (κ2) is 5.47. The van der Waals surface area contributed by atoms with Gasteiger partial charge in [-0.05, 0) is 30.5 Å². The lowest BCUT2D eigenvalue weighted by Gasteiger charge is -2.27. The molecule has 3 heterocycles. The molecule has 2 amide bonds. The molecule has 0 bridgehead atoms. The molecule has 5 nitrogen and oxygen atoms in total. The van der Waals surface area contributed by atoms with E-state index in [1.807, 2.05) is 54.8 Å². The second-order valence-electron chi connectivity index (χ2n) is 5.59. The predicted octanol–water partition coefficient (Wildman–Crippen LogP) is 2.61. The monoisotopic (exact) mass is 328 g/mol. The quantitative estimate of drug-likeness (QED) is 0.813. The molecule has 0 radical (unpaired) electrons. The van der Waals surface area contributed by atoms with Crippen LogP contribution in [0.3, 0.4) is 0 Å². The molecule has 2 aliphatic heterocycles. The van der Waals surface area contributed by atoms with Crippen molar-refractivity contribution in [1.82, 2.24) is 4.90 Å². The fraction of sp³-hybridized carbons (Fsp3) is 0.294. The van der Waals surface area contributed by atoms with Gasteiger partial charge in [0.2, 0.25) is 5.91 Å². The van der Waals surface area contributed by atoms with Crippen LogP contribution >= 0.6 is 11.3 Å². The van der Waals surface area contributed by atoms with E-state index in [4.69, 9.17) is 4.84 Å². The van der Waals surface area contributed by atoms with Crippen LogP contribution in [0.15, 0.2) is 47.8 Å². The van der Waals surface area contributed by atoms with Crippen molar-refractivity contribution in [3.8, 4) is 0 Å². The number of thiophene rings is 1. The first-order valence-corrected chi connectivity index (χ1v) is 8.50.